The van der Waals surface area contributed by atoms with Crippen molar-refractivity contribution in [3.8, 4) is 0 Å². The summed E-state index contributed by atoms with van der Waals surface area (Å²) in [5.41, 5.74) is 6.03. The SMILES string of the molecule is Cc1scc(C(=O)O)c1N. The lowest BCUT2D eigenvalue weighted by Gasteiger charge is -1.90. The molecule has 0 saturated heterocycles. The zero-order valence-corrected chi connectivity index (χ0v) is 6.23. The number of rotatable bonds is 1. The minimum absolute atomic E-state index is 0.211. The molecule has 0 fully saturated rings. The highest BCUT2D eigenvalue weighted by atomic mass is 32.1. The van der Waals surface area contributed by atoms with Crippen LogP contribution < -0.4 is 5.73 Å². The summed E-state index contributed by atoms with van der Waals surface area (Å²) in [6, 6.07) is 0. The summed E-state index contributed by atoms with van der Waals surface area (Å²) in [5.74, 6) is -0.957. The molecule has 10 heavy (non-hydrogen) atoms. The Labute approximate surface area is 62.1 Å². The van der Waals surface area contributed by atoms with E-state index in [4.69, 9.17) is 10.8 Å². The lowest BCUT2D eigenvalue weighted by molar-refractivity contribution is 0.0698. The molecule has 1 heterocycles. The van der Waals surface area contributed by atoms with Crippen LogP contribution in [0.5, 0.6) is 0 Å². The van der Waals surface area contributed by atoms with Crippen LogP contribution in [0.25, 0.3) is 0 Å². The molecule has 1 aromatic heterocycles. The van der Waals surface area contributed by atoms with Crippen molar-refractivity contribution in [2.24, 2.45) is 0 Å². The van der Waals surface area contributed by atoms with Crippen LogP contribution in [-0.2, 0) is 0 Å². The maximum atomic E-state index is 10.4. The van der Waals surface area contributed by atoms with Gasteiger partial charge in [0.1, 0.15) is 0 Å². The standard InChI is InChI=1S/C6H7NO2S/c1-3-5(7)4(2-10-3)6(8)9/h2H,7H2,1H3,(H,8,9). The molecule has 54 valence electrons. The molecule has 0 saturated carbocycles. The van der Waals surface area contributed by atoms with Gasteiger partial charge in [0.05, 0.1) is 11.3 Å². The van der Waals surface area contributed by atoms with Gasteiger partial charge < -0.3 is 10.8 Å². The maximum Gasteiger partial charge on any atom is 0.338 e. The van der Waals surface area contributed by atoms with Crippen molar-refractivity contribution in [1.82, 2.24) is 0 Å². The minimum atomic E-state index is -0.957. The smallest absolute Gasteiger partial charge is 0.338 e. The number of carboxylic acids is 1. The third kappa shape index (κ3) is 0.974. The van der Waals surface area contributed by atoms with Crippen LogP contribution in [-0.4, -0.2) is 11.1 Å². The lowest BCUT2D eigenvalue weighted by Crippen LogP contribution is -1.98. The number of nitrogen functional groups attached to an aromatic ring is 1. The number of hydrogen-bond donors (Lipinski definition) is 2. The van der Waals surface area contributed by atoms with Gasteiger partial charge in [0.15, 0.2) is 0 Å². The lowest BCUT2D eigenvalue weighted by atomic mass is 10.3. The first-order valence-electron chi connectivity index (χ1n) is 2.69. The van der Waals surface area contributed by atoms with Crippen molar-refractivity contribution in [3.05, 3.63) is 15.8 Å². The summed E-state index contributed by atoms with van der Waals surface area (Å²) in [7, 11) is 0. The van der Waals surface area contributed by atoms with Crippen molar-refractivity contribution >= 4 is 23.0 Å². The van der Waals surface area contributed by atoms with E-state index in [0.717, 1.165) is 4.88 Å². The second-order valence-electron chi connectivity index (χ2n) is 1.92. The minimum Gasteiger partial charge on any atom is -0.478 e. The number of aryl methyl sites for hydroxylation is 1. The first-order valence-corrected chi connectivity index (χ1v) is 3.57. The van der Waals surface area contributed by atoms with Crippen LogP contribution in [0.1, 0.15) is 15.2 Å². The molecule has 0 unspecified atom stereocenters. The molecule has 0 aliphatic carbocycles. The molecule has 0 atom stereocenters. The van der Waals surface area contributed by atoms with E-state index in [1.54, 1.807) is 12.3 Å². The molecule has 1 rings (SSSR count). The number of nitrogens with two attached hydrogens (primary N) is 1. The van der Waals surface area contributed by atoms with Crippen LogP contribution in [0.2, 0.25) is 0 Å². The summed E-state index contributed by atoms with van der Waals surface area (Å²) in [6.45, 7) is 1.80. The highest BCUT2D eigenvalue weighted by Crippen LogP contribution is 2.23. The Hall–Kier alpha value is -1.03. The van der Waals surface area contributed by atoms with E-state index >= 15 is 0 Å². The fourth-order valence-corrected chi connectivity index (χ4v) is 1.39. The molecule has 0 bridgehead atoms. The van der Waals surface area contributed by atoms with E-state index < -0.39 is 5.97 Å². The zero-order valence-electron chi connectivity index (χ0n) is 5.42. The highest BCUT2D eigenvalue weighted by Gasteiger charge is 2.10. The van der Waals surface area contributed by atoms with E-state index in [-0.39, 0.29) is 5.56 Å². The van der Waals surface area contributed by atoms with Gasteiger partial charge in [0.25, 0.3) is 0 Å². The van der Waals surface area contributed by atoms with Gasteiger partial charge in [0.2, 0.25) is 0 Å². The second kappa shape index (κ2) is 2.30. The molecule has 0 amide bonds. The van der Waals surface area contributed by atoms with Gasteiger partial charge >= 0.3 is 5.97 Å². The molecule has 0 radical (unpaired) electrons. The van der Waals surface area contributed by atoms with Crippen molar-refractivity contribution in [3.63, 3.8) is 0 Å². The molecule has 0 spiro atoms. The predicted octanol–water partition coefficient (Wildman–Crippen LogP) is 1.34. The van der Waals surface area contributed by atoms with Gasteiger partial charge in [-0.1, -0.05) is 0 Å². The van der Waals surface area contributed by atoms with Gasteiger partial charge in [0, 0.05) is 10.3 Å². The molecule has 0 aromatic carbocycles. The number of thiophene rings is 1. The molecule has 0 aliphatic heterocycles. The zero-order chi connectivity index (χ0) is 7.72. The van der Waals surface area contributed by atoms with Crippen LogP contribution >= 0.6 is 11.3 Å². The summed E-state index contributed by atoms with van der Waals surface area (Å²) in [6.07, 6.45) is 0. The van der Waals surface area contributed by atoms with Gasteiger partial charge in [-0.25, -0.2) is 4.79 Å². The summed E-state index contributed by atoms with van der Waals surface area (Å²) >= 11 is 1.35. The first-order chi connectivity index (χ1) is 4.63. The Kier molecular flexibility index (Phi) is 1.63. The molecule has 4 heteroatoms. The normalized spacial score (nSPS) is 9.70. The van der Waals surface area contributed by atoms with E-state index in [1.807, 2.05) is 0 Å². The van der Waals surface area contributed by atoms with E-state index in [0.29, 0.717) is 5.69 Å². The number of carboxylic acid groups (broad SMARTS) is 1. The van der Waals surface area contributed by atoms with Gasteiger partial charge in [-0.15, -0.1) is 11.3 Å². The second-order valence-corrected chi connectivity index (χ2v) is 3.01. The van der Waals surface area contributed by atoms with Crippen LogP contribution in [0, 0.1) is 6.92 Å². The molecule has 3 nitrogen and oxygen atoms in total. The third-order valence-corrected chi connectivity index (χ3v) is 2.18. The van der Waals surface area contributed by atoms with E-state index in [1.165, 1.54) is 11.3 Å². The van der Waals surface area contributed by atoms with Crippen molar-refractivity contribution in [2.75, 3.05) is 5.73 Å². The van der Waals surface area contributed by atoms with E-state index in [9.17, 15) is 4.79 Å². The molecule has 0 aliphatic rings. The number of carbonyl (C=O) groups is 1. The number of anilines is 1. The number of aromatic carboxylic acids is 1. The van der Waals surface area contributed by atoms with Crippen LogP contribution in [0.4, 0.5) is 5.69 Å². The summed E-state index contributed by atoms with van der Waals surface area (Å²) < 4.78 is 0. The average molecular weight is 157 g/mol. The molecule has 3 N–H and O–H groups in total. The van der Waals surface area contributed by atoms with Crippen molar-refractivity contribution < 1.29 is 9.90 Å². The largest absolute Gasteiger partial charge is 0.478 e. The topological polar surface area (TPSA) is 63.3 Å². The monoisotopic (exact) mass is 157 g/mol. The number of hydrogen-bond acceptors (Lipinski definition) is 3. The Morgan fingerprint density at radius 2 is 2.40 bits per heavy atom. The fraction of sp³-hybridized carbons (Fsp3) is 0.167. The molecule has 1 aromatic rings. The quantitative estimate of drug-likeness (QED) is 0.646. The van der Waals surface area contributed by atoms with Gasteiger partial charge in [-0.2, -0.15) is 0 Å². The van der Waals surface area contributed by atoms with Gasteiger partial charge in [-0.05, 0) is 6.92 Å². The molecular formula is C6H7NO2S. The van der Waals surface area contributed by atoms with Crippen molar-refractivity contribution in [1.29, 1.82) is 0 Å². The van der Waals surface area contributed by atoms with E-state index in [2.05, 4.69) is 0 Å². The third-order valence-electron chi connectivity index (χ3n) is 1.25. The maximum absolute atomic E-state index is 10.4. The first kappa shape index (κ1) is 7.08. The van der Waals surface area contributed by atoms with Gasteiger partial charge in [-0.3, -0.25) is 0 Å². The fourth-order valence-electron chi connectivity index (χ4n) is 0.630. The predicted molar refractivity (Wildman–Crippen MR) is 40.4 cm³/mol. The highest BCUT2D eigenvalue weighted by molar-refractivity contribution is 7.10. The van der Waals surface area contributed by atoms with Crippen LogP contribution in [0.15, 0.2) is 5.38 Å². The van der Waals surface area contributed by atoms with Crippen LogP contribution in [0.3, 0.4) is 0 Å². The molecular weight excluding hydrogens is 150 g/mol. The van der Waals surface area contributed by atoms with Crippen molar-refractivity contribution in [2.45, 2.75) is 6.92 Å². The summed E-state index contributed by atoms with van der Waals surface area (Å²) in [4.78, 5) is 11.2. The summed E-state index contributed by atoms with van der Waals surface area (Å²) in [5, 5.41) is 10.1. The average Bonchev–Trinajstić information content (AvgIpc) is 2.14. The Morgan fingerprint density at radius 1 is 1.80 bits per heavy atom. The Morgan fingerprint density at radius 3 is 2.60 bits per heavy atom. The Bertz CT molecular complexity index is 267. The Balaban J connectivity index is 3.17.